The van der Waals surface area contributed by atoms with Gasteiger partial charge >= 0.3 is 6.18 Å². The first kappa shape index (κ1) is 10.8. The fourth-order valence-electron chi connectivity index (χ4n) is 0.871. The average molecular weight is 169 g/mol. The van der Waals surface area contributed by atoms with Gasteiger partial charge < -0.3 is 5.32 Å². The van der Waals surface area contributed by atoms with E-state index >= 15 is 0 Å². The van der Waals surface area contributed by atoms with Gasteiger partial charge in [-0.25, -0.2) is 0 Å². The fraction of sp³-hybridized carbons (Fsp3) is 1.00. The predicted octanol–water partition coefficient (Wildman–Crippen LogP) is 2.18. The summed E-state index contributed by atoms with van der Waals surface area (Å²) in [6, 6.07) is -0.384. The fourth-order valence-corrected chi connectivity index (χ4v) is 0.871. The summed E-state index contributed by atoms with van der Waals surface area (Å²) < 4.78 is 35.1. The van der Waals surface area contributed by atoms with Gasteiger partial charge in [-0.3, -0.25) is 0 Å². The lowest BCUT2D eigenvalue weighted by molar-refractivity contribution is -0.197. The maximum absolute atomic E-state index is 11.7. The van der Waals surface area contributed by atoms with Crippen molar-refractivity contribution >= 4 is 0 Å². The first-order valence-electron chi connectivity index (χ1n) is 3.82. The third-order valence-electron chi connectivity index (χ3n) is 1.68. The monoisotopic (exact) mass is 169 g/mol. The first-order chi connectivity index (χ1) is 5.02. The van der Waals surface area contributed by atoms with Crippen LogP contribution in [-0.4, -0.2) is 18.8 Å². The summed E-state index contributed by atoms with van der Waals surface area (Å²) >= 11 is 0. The Bertz CT molecular complexity index is 111. The van der Waals surface area contributed by atoms with E-state index in [0.29, 0.717) is 0 Å². The largest absolute Gasteiger partial charge is 0.394 e. The molecular weight excluding hydrogens is 155 g/mol. The third kappa shape index (κ3) is 2.69. The summed E-state index contributed by atoms with van der Waals surface area (Å²) in [7, 11) is 0. The van der Waals surface area contributed by atoms with E-state index in [1.807, 2.05) is 13.8 Å². The molecule has 0 saturated carbocycles. The summed E-state index contributed by atoms with van der Waals surface area (Å²) in [6.45, 7) is 5.63. The zero-order valence-corrected chi connectivity index (χ0v) is 7.00. The molecule has 1 heterocycles. The number of halogens is 3. The molecule has 1 saturated heterocycles. The lowest BCUT2D eigenvalue weighted by Gasteiger charge is -2.36. The molecule has 1 aliphatic heterocycles. The maximum Gasteiger partial charge on any atom is 0.394 e. The number of hydrogen-bond acceptors (Lipinski definition) is 1. The van der Waals surface area contributed by atoms with E-state index in [2.05, 4.69) is 5.32 Å². The van der Waals surface area contributed by atoms with Gasteiger partial charge in [0.2, 0.25) is 0 Å². The predicted molar refractivity (Wildman–Crippen MR) is 38.4 cm³/mol. The van der Waals surface area contributed by atoms with Crippen LogP contribution in [0.1, 0.15) is 20.8 Å². The number of rotatable bonds is 0. The van der Waals surface area contributed by atoms with Crippen molar-refractivity contribution in [1.82, 2.24) is 5.32 Å². The van der Waals surface area contributed by atoms with Crippen molar-refractivity contribution in [3.63, 3.8) is 0 Å². The quantitative estimate of drug-likeness (QED) is 0.586. The summed E-state index contributed by atoms with van der Waals surface area (Å²) in [5.41, 5.74) is 0. The van der Waals surface area contributed by atoms with Gasteiger partial charge in [-0.1, -0.05) is 13.8 Å². The number of hydrogen-bond donors (Lipinski definition) is 1. The standard InChI is InChI=1S/C5H8F3N.C2H6/c1-3-4(2-9-3)5(6,7)8;1-2/h3-4,9H,2H2,1H3;1-2H3. The van der Waals surface area contributed by atoms with Crippen molar-refractivity contribution in [2.24, 2.45) is 5.92 Å². The van der Waals surface area contributed by atoms with E-state index in [0.717, 1.165) is 0 Å². The Morgan fingerprint density at radius 1 is 1.27 bits per heavy atom. The topological polar surface area (TPSA) is 12.0 Å². The highest BCUT2D eigenvalue weighted by atomic mass is 19.4. The van der Waals surface area contributed by atoms with E-state index in [4.69, 9.17) is 0 Å². The molecule has 2 atom stereocenters. The SMILES string of the molecule is CC.CC1NCC1C(F)(F)F. The van der Waals surface area contributed by atoms with Crippen LogP contribution in [0, 0.1) is 5.92 Å². The van der Waals surface area contributed by atoms with Crippen LogP contribution in [0.2, 0.25) is 0 Å². The van der Waals surface area contributed by atoms with Gasteiger partial charge in [0.25, 0.3) is 0 Å². The Labute approximate surface area is 65.0 Å². The highest BCUT2D eigenvalue weighted by molar-refractivity contribution is 4.88. The molecule has 1 aliphatic rings. The molecule has 2 unspecified atom stereocenters. The van der Waals surface area contributed by atoms with Crippen molar-refractivity contribution in [1.29, 1.82) is 0 Å². The van der Waals surface area contributed by atoms with Gasteiger partial charge in [-0.15, -0.1) is 0 Å². The second kappa shape index (κ2) is 3.95. The van der Waals surface area contributed by atoms with E-state index in [-0.39, 0.29) is 12.6 Å². The highest BCUT2D eigenvalue weighted by Crippen LogP contribution is 2.32. The summed E-state index contributed by atoms with van der Waals surface area (Å²) in [4.78, 5) is 0. The Kier molecular flexibility index (Phi) is 3.86. The number of alkyl halides is 3. The second-order valence-corrected chi connectivity index (χ2v) is 2.35. The van der Waals surface area contributed by atoms with Crippen molar-refractivity contribution < 1.29 is 13.2 Å². The zero-order valence-electron chi connectivity index (χ0n) is 7.00. The van der Waals surface area contributed by atoms with E-state index in [9.17, 15) is 13.2 Å². The highest BCUT2D eigenvalue weighted by Gasteiger charge is 2.47. The van der Waals surface area contributed by atoms with E-state index < -0.39 is 12.1 Å². The average Bonchev–Trinajstić information content (AvgIpc) is 1.86. The molecule has 1 rings (SSSR count). The Balaban J connectivity index is 0.000000461. The maximum atomic E-state index is 11.7. The molecule has 0 aromatic heterocycles. The molecule has 68 valence electrons. The summed E-state index contributed by atoms with van der Waals surface area (Å²) in [6.07, 6.45) is -4.00. The van der Waals surface area contributed by atoms with Crippen molar-refractivity contribution in [3.05, 3.63) is 0 Å². The lowest BCUT2D eigenvalue weighted by Crippen LogP contribution is -2.57. The van der Waals surface area contributed by atoms with Crippen LogP contribution in [0.4, 0.5) is 13.2 Å². The molecule has 0 aromatic carbocycles. The molecule has 1 fully saturated rings. The zero-order chi connectivity index (χ0) is 9.07. The summed E-state index contributed by atoms with van der Waals surface area (Å²) in [5, 5.41) is 2.64. The molecule has 0 spiro atoms. The van der Waals surface area contributed by atoms with Gasteiger partial charge in [-0.05, 0) is 6.92 Å². The van der Waals surface area contributed by atoms with Crippen LogP contribution in [0.15, 0.2) is 0 Å². The molecule has 0 aliphatic carbocycles. The summed E-state index contributed by atoms with van der Waals surface area (Å²) in [5.74, 6) is -1.11. The van der Waals surface area contributed by atoms with Crippen LogP contribution in [0.5, 0.6) is 0 Å². The smallest absolute Gasteiger partial charge is 0.313 e. The second-order valence-electron chi connectivity index (χ2n) is 2.35. The Hall–Kier alpha value is -0.250. The van der Waals surface area contributed by atoms with Crippen LogP contribution < -0.4 is 5.32 Å². The molecular formula is C7H14F3N. The Morgan fingerprint density at radius 3 is 1.73 bits per heavy atom. The molecule has 4 heteroatoms. The minimum Gasteiger partial charge on any atom is -0.313 e. The first-order valence-corrected chi connectivity index (χ1v) is 3.82. The molecule has 0 aromatic rings. The normalized spacial score (nSPS) is 30.0. The Morgan fingerprint density at radius 2 is 1.73 bits per heavy atom. The molecule has 11 heavy (non-hydrogen) atoms. The van der Waals surface area contributed by atoms with E-state index in [1.165, 1.54) is 0 Å². The van der Waals surface area contributed by atoms with Gasteiger partial charge in [0.05, 0.1) is 5.92 Å². The van der Waals surface area contributed by atoms with Gasteiger partial charge in [0, 0.05) is 12.6 Å². The third-order valence-corrected chi connectivity index (χ3v) is 1.68. The molecule has 1 nitrogen and oxygen atoms in total. The van der Waals surface area contributed by atoms with Crippen molar-refractivity contribution in [2.75, 3.05) is 6.54 Å². The molecule has 0 amide bonds. The number of nitrogens with one attached hydrogen (secondary N) is 1. The van der Waals surface area contributed by atoms with Gasteiger partial charge in [-0.2, -0.15) is 13.2 Å². The minimum atomic E-state index is -4.00. The van der Waals surface area contributed by atoms with E-state index in [1.54, 1.807) is 6.92 Å². The van der Waals surface area contributed by atoms with Crippen molar-refractivity contribution in [3.8, 4) is 0 Å². The van der Waals surface area contributed by atoms with Crippen LogP contribution in [0.25, 0.3) is 0 Å². The van der Waals surface area contributed by atoms with Crippen LogP contribution in [-0.2, 0) is 0 Å². The molecule has 0 radical (unpaired) electrons. The van der Waals surface area contributed by atoms with Gasteiger partial charge in [0.15, 0.2) is 0 Å². The van der Waals surface area contributed by atoms with Crippen molar-refractivity contribution in [2.45, 2.75) is 33.0 Å². The minimum absolute atomic E-state index is 0.0880. The van der Waals surface area contributed by atoms with Gasteiger partial charge in [0.1, 0.15) is 0 Å². The van der Waals surface area contributed by atoms with Crippen LogP contribution >= 0.6 is 0 Å². The molecule has 0 bridgehead atoms. The van der Waals surface area contributed by atoms with Crippen LogP contribution in [0.3, 0.4) is 0 Å². The molecule has 1 N–H and O–H groups in total. The lowest BCUT2D eigenvalue weighted by atomic mass is 9.93.